The van der Waals surface area contributed by atoms with Crippen LogP contribution in [-0.4, -0.2) is 51.3 Å². The van der Waals surface area contributed by atoms with Crippen molar-refractivity contribution >= 4 is 0 Å². The highest BCUT2D eigenvalue weighted by atomic mass is 16.5. The Morgan fingerprint density at radius 1 is 1.38 bits per heavy atom. The summed E-state index contributed by atoms with van der Waals surface area (Å²) in [6.07, 6.45) is 1.33. The second-order valence-electron chi connectivity index (χ2n) is 3.81. The van der Waals surface area contributed by atoms with Crippen LogP contribution in [0.4, 0.5) is 0 Å². The van der Waals surface area contributed by atoms with E-state index < -0.39 is 0 Å². The van der Waals surface area contributed by atoms with Crippen LogP contribution >= 0.6 is 0 Å². The Labute approximate surface area is 81.4 Å². The molecule has 13 heavy (non-hydrogen) atoms. The largest absolute Gasteiger partial charge is 0.380 e. The molecule has 0 aromatic heterocycles. The van der Waals surface area contributed by atoms with Crippen molar-refractivity contribution in [2.75, 3.05) is 46.4 Å². The van der Waals surface area contributed by atoms with Crippen LogP contribution in [0.5, 0.6) is 0 Å². The van der Waals surface area contributed by atoms with Crippen molar-refractivity contribution in [3.8, 4) is 0 Å². The summed E-state index contributed by atoms with van der Waals surface area (Å²) in [4.78, 5) is 2.36. The van der Waals surface area contributed by atoms with Gasteiger partial charge in [0.05, 0.1) is 6.61 Å². The van der Waals surface area contributed by atoms with E-state index in [1.165, 1.54) is 26.1 Å². The van der Waals surface area contributed by atoms with Gasteiger partial charge in [-0.2, -0.15) is 0 Å². The van der Waals surface area contributed by atoms with Crippen LogP contribution in [0, 0.1) is 5.92 Å². The smallest absolute Gasteiger partial charge is 0.0593 e. The topological polar surface area (TPSA) is 24.5 Å². The molecule has 0 aliphatic carbocycles. The molecule has 0 saturated carbocycles. The summed E-state index contributed by atoms with van der Waals surface area (Å²) in [5.41, 5.74) is 0. The van der Waals surface area contributed by atoms with Crippen LogP contribution < -0.4 is 5.32 Å². The van der Waals surface area contributed by atoms with E-state index in [0.717, 1.165) is 25.7 Å². The average molecular weight is 186 g/mol. The van der Waals surface area contributed by atoms with E-state index >= 15 is 0 Å². The SMILES string of the molecule is CCOCCN(C)CCC1CNC1. The van der Waals surface area contributed by atoms with Crippen molar-refractivity contribution < 1.29 is 4.74 Å². The quantitative estimate of drug-likeness (QED) is 0.588. The maximum absolute atomic E-state index is 5.30. The Bertz CT molecular complexity index is 126. The van der Waals surface area contributed by atoms with E-state index in [-0.39, 0.29) is 0 Å². The Balaban J connectivity index is 1.87. The zero-order valence-electron chi connectivity index (χ0n) is 8.88. The zero-order chi connectivity index (χ0) is 9.52. The Kier molecular flexibility index (Phi) is 5.35. The third-order valence-electron chi connectivity index (χ3n) is 2.61. The van der Waals surface area contributed by atoms with Crippen LogP contribution in [0.25, 0.3) is 0 Å². The molecule has 1 aliphatic heterocycles. The van der Waals surface area contributed by atoms with Gasteiger partial charge in [-0.3, -0.25) is 0 Å². The maximum Gasteiger partial charge on any atom is 0.0593 e. The lowest BCUT2D eigenvalue weighted by atomic mass is 9.99. The third kappa shape index (κ3) is 4.60. The van der Waals surface area contributed by atoms with Gasteiger partial charge in [-0.15, -0.1) is 0 Å². The van der Waals surface area contributed by atoms with Gasteiger partial charge < -0.3 is 15.0 Å². The lowest BCUT2D eigenvalue weighted by Gasteiger charge is -2.28. The first-order valence-corrected chi connectivity index (χ1v) is 5.30. The fourth-order valence-corrected chi connectivity index (χ4v) is 1.43. The van der Waals surface area contributed by atoms with Gasteiger partial charge in [0.25, 0.3) is 0 Å². The van der Waals surface area contributed by atoms with Crippen molar-refractivity contribution in [1.82, 2.24) is 10.2 Å². The van der Waals surface area contributed by atoms with Crippen molar-refractivity contribution in [1.29, 1.82) is 0 Å². The minimum atomic E-state index is 0.834. The number of hydrogen-bond donors (Lipinski definition) is 1. The molecule has 0 spiro atoms. The summed E-state index contributed by atoms with van der Waals surface area (Å²) in [5.74, 6) is 0.926. The molecule has 1 fully saturated rings. The van der Waals surface area contributed by atoms with Gasteiger partial charge in [0.1, 0.15) is 0 Å². The maximum atomic E-state index is 5.30. The lowest BCUT2D eigenvalue weighted by molar-refractivity contribution is 0.118. The van der Waals surface area contributed by atoms with E-state index in [1.54, 1.807) is 0 Å². The second kappa shape index (κ2) is 6.35. The van der Waals surface area contributed by atoms with Crippen LogP contribution in [0.15, 0.2) is 0 Å². The molecule has 1 saturated heterocycles. The van der Waals surface area contributed by atoms with E-state index in [1.807, 2.05) is 6.92 Å². The monoisotopic (exact) mass is 186 g/mol. The molecule has 1 N–H and O–H groups in total. The highest BCUT2D eigenvalue weighted by molar-refractivity contribution is 4.75. The predicted molar refractivity (Wildman–Crippen MR) is 55.0 cm³/mol. The fraction of sp³-hybridized carbons (Fsp3) is 1.00. The molecule has 0 amide bonds. The Morgan fingerprint density at radius 3 is 2.69 bits per heavy atom. The van der Waals surface area contributed by atoms with E-state index in [9.17, 15) is 0 Å². The zero-order valence-corrected chi connectivity index (χ0v) is 8.88. The number of nitrogens with one attached hydrogen (secondary N) is 1. The van der Waals surface area contributed by atoms with Gasteiger partial charge >= 0.3 is 0 Å². The lowest BCUT2D eigenvalue weighted by Crippen LogP contribution is -2.43. The Hall–Kier alpha value is -0.120. The van der Waals surface area contributed by atoms with E-state index in [2.05, 4.69) is 17.3 Å². The summed E-state index contributed by atoms with van der Waals surface area (Å²) in [6, 6.07) is 0. The number of ether oxygens (including phenoxy) is 1. The van der Waals surface area contributed by atoms with Gasteiger partial charge in [-0.1, -0.05) is 0 Å². The first-order chi connectivity index (χ1) is 6.33. The van der Waals surface area contributed by atoms with Crippen LogP contribution in [-0.2, 0) is 4.74 Å². The first-order valence-electron chi connectivity index (χ1n) is 5.30. The van der Waals surface area contributed by atoms with Gasteiger partial charge in [0, 0.05) is 13.2 Å². The van der Waals surface area contributed by atoms with Gasteiger partial charge in [0.15, 0.2) is 0 Å². The van der Waals surface area contributed by atoms with E-state index in [4.69, 9.17) is 4.74 Å². The van der Waals surface area contributed by atoms with Crippen LogP contribution in [0.1, 0.15) is 13.3 Å². The molecule has 3 heteroatoms. The van der Waals surface area contributed by atoms with Gasteiger partial charge in [0.2, 0.25) is 0 Å². The van der Waals surface area contributed by atoms with Gasteiger partial charge in [-0.25, -0.2) is 0 Å². The molecule has 3 nitrogen and oxygen atoms in total. The molecule has 1 heterocycles. The summed E-state index contributed by atoms with van der Waals surface area (Å²) in [5, 5.41) is 3.29. The van der Waals surface area contributed by atoms with E-state index in [0.29, 0.717) is 0 Å². The molecule has 1 aliphatic rings. The second-order valence-corrected chi connectivity index (χ2v) is 3.81. The molecule has 78 valence electrons. The molecule has 0 radical (unpaired) electrons. The summed E-state index contributed by atoms with van der Waals surface area (Å²) in [7, 11) is 2.17. The molecule has 0 bridgehead atoms. The van der Waals surface area contributed by atoms with Crippen LogP contribution in [0.2, 0.25) is 0 Å². The highest BCUT2D eigenvalue weighted by Gasteiger charge is 2.16. The molecule has 0 unspecified atom stereocenters. The first kappa shape index (κ1) is 11.0. The third-order valence-corrected chi connectivity index (χ3v) is 2.61. The Morgan fingerprint density at radius 2 is 2.15 bits per heavy atom. The molecule has 0 atom stereocenters. The van der Waals surface area contributed by atoms with Crippen molar-refractivity contribution in [2.24, 2.45) is 5.92 Å². The minimum absolute atomic E-state index is 0.834. The number of nitrogens with zero attached hydrogens (tertiary/aromatic N) is 1. The number of likely N-dealkylation sites (N-methyl/N-ethyl adjacent to an activating group) is 1. The summed E-state index contributed by atoms with van der Waals surface area (Å²) < 4.78 is 5.30. The van der Waals surface area contributed by atoms with Crippen LogP contribution in [0.3, 0.4) is 0 Å². The summed E-state index contributed by atoms with van der Waals surface area (Å²) in [6.45, 7) is 8.46. The normalized spacial score (nSPS) is 17.8. The minimum Gasteiger partial charge on any atom is -0.380 e. The predicted octanol–water partition coefficient (Wildman–Crippen LogP) is 0.564. The number of rotatable bonds is 7. The average Bonchev–Trinajstić information content (AvgIpc) is 2.02. The molecular weight excluding hydrogens is 164 g/mol. The van der Waals surface area contributed by atoms with Crippen molar-refractivity contribution in [3.63, 3.8) is 0 Å². The molecule has 0 aromatic rings. The molecule has 0 aromatic carbocycles. The van der Waals surface area contributed by atoms with Gasteiger partial charge in [-0.05, 0) is 45.9 Å². The molecule has 1 rings (SSSR count). The highest BCUT2D eigenvalue weighted by Crippen LogP contribution is 2.08. The van der Waals surface area contributed by atoms with Crippen molar-refractivity contribution in [3.05, 3.63) is 0 Å². The molecular formula is C10H22N2O. The van der Waals surface area contributed by atoms with Crippen molar-refractivity contribution in [2.45, 2.75) is 13.3 Å². The standard InChI is InChI=1S/C10H22N2O/c1-3-13-7-6-12(2)5-4-10-8-11-9-10/h10-11H,3-9H2,1-2H3. The summed E-state index contributed by atoms with van der Waals surface area (Å²) >= 11 is 0. The fourth-order valence-electron chi connectivity index (χ4n) is 1.43. The number of hydrogen-bond acceptors (Lipinski definition) is 3.